The van der Waals surface area contributed by atoms with Gasteiger partial charge < -0.3 is 5.11 Å². The fraction of sp³-hybridized carbons (Fsp3) is 0. The van der Waals surface area contributed by atoms with Gasteiger partial charge in [-0.15, -0.1) is 0 Å². The molecule has 0 bridgehead atoms. The molecule has 1 aromatic carbocycles. The first-order valence-electron chi connectivity index (χ1n) is 3.49. The Bertz CT molecular complexity index is 473. The minimum Gasteiger partial charge on any atom is -0.506 e. The van der Waals surface area contributed by atoms with Gasteiger partial charge in [0, 0.05) is 0 Å². The van der Waals surface area contributed by atoms with E-state index in [0.29, 0.717) is 11.0 Å². The van der Waals surface area contributed by atoms with E-state index in [1.807, 2.05) is 0 Å². The minimum atomic E-state index is 0.0450. The zero-order valence-corrected chi connectivity index (χ0v) is 7.84. The van der Waals surface area contributed by atoms with Crippen LogP contribution < -0.4 is 0 Å². The van der Waals surface area contributed by atoms with Crippen LogP contribution in [0, 0.1) is 0 Å². The molecule has 0 fully saturated rings. The van der Waals surface area contributed by atoms with Crippen molar-refractivity contribution in [3.63, 3.8) is 0 Å². The van der Waals surface area contributed by atoms with Crippen LogP contribution in [0.1, 0.15) is 0 Å². The summed E-state index contributed by atoms with van der Waals surface area (Å²) in [7, 11) is 0. The molecule has 2 aromatic rings. The Labute approximate surface area is 84.0 Å². The standard InChI is InChI=1S/C8H4Cl2N2O/c9-7-8(10)12-6-4(11-7)2-1-3-5(6)13/h1-3,13H. The number of aromatic hydroxyl groups is 1. The van der Waals surface area contributed by atoms with Gasteiger partial charge in [-0.25, -0.2) is 9.97 Å². The van der Waals surface area contributed by atoms with Gasteiger partial charge >= 0.3 is 0 Å². The average molecular weight is 215 g/mol. The highest BCUT2D eigenvalue weighted by atomic mass is 35.5. The van der Waals surface area contributed by atoms with Crippen molar-refractivity contribution in [3.05, 3.63) is 28.5 Å². The third-order valence-electron chi connectivity index (χ3n) is 1.59. The van der Waals surface area contributed by atoms with Gasteiger partial charge in [-0.2, -0.15) is 0 Å². The van der Waals surface area contributed by atoms with E-state index in [2.05, 4.69) is 9.97 Å². The van der Waals surface area contributed by atoms with Crippen LogP contribution in [-0.2, 0) is 0 Å². The van der Waals surface area contributed by atoms with Gasteiger partial charge in [0.25, 0.3) is 0 Å². The third-order valence-corrected chi connectivity index (χ3v) is 2.22. The summed E-state index contributed by atoms with van der Waals surface area (Å²) in [5, 5.41) is 9.61. The highest BCUT2D eigenvalue weighted by Gasteiger charge is 2.06. The molecular formula is C8H4Cl2N2O. The second-order valence-electron chi connectivity index (χ2n) is 2.45. The van der Waals surface area contributed by atoms with E-state index in [9.17, 15) is 5.11 Å². The molecule has 0 aliphatic carbocycles. The van der Waals surface area contributed by atoms with Gasteiger partial charge in [-0.3, -0.25) is 0 Å². The molecule has 13 heavy (non-hydrogen) atoms. The zero-order valence-electron chi connectivity index (χ0n) is 6.33. The predicted molar refractivity (Wildman–Crippen MR) is 51.2 cm³/mol. The van der Waals surface area contributed by atoms with Gasteiger partial charge in [0.15, 0.2) is 10.3 Å². The summed E-state index contributed by atoms with van der Waals surface area (Å²) in [6.45, 7) is 0. The number of phenolic OH excluding ortho intramolecular Hbond substituents is 1. The molecule has 1 N–H and O–H groups in total. The van der Waals surface area contributed by atoms with Crippen LogP contribution in [0.15, 0.2) is 18.2 Å². The fourth-order valence-electron chi connectivity index (χ4n) is 1.02. The minimum absolute atomic E-state index is 0.0450. The smallest absolute Gasteiger partial charge is 0.167 e. The summed E-state index contributed by atoms with van der Waals surface area (Å²) in [6.07, 6.45) is 0. The molecule has 0 aliphatic heterocycles. The molecule has 5 heteroatoms. The highest BCUT2D eigenvalue weighted by molar-refractivity contribution is 6.40. The van der Waals surface area contributed by atoms with Crippen LogP contribution in [-0.4, -0.2) is 15.1 Å². The van der Waals surface area contributed by atoms with Crippen LogP contribution in [0.25, 0.3) is 11.0 Å². The Morgan fingerprint density at radius 2 is 1.77 bits per heavy atom. The first-order chi connectivity index (χ1) is 6.18. The number of hydrogen-bond acceptors (Lipinski definition) is 3. The van der Waals surface area contributed by atoms with Crippen molar-refractivity contribution in [2.45, 2.75) is 0 Å². The van der Waals surface area contributed by atoms with E-state index in [4.69, 9.17) is 23.2 Å². The van der Waals surface area contributed by atoms with E-state index in [-0.39, 0.29) is 16.1 Å². The summed E-state index contributed by atoms with van der Waals surface area (Å²) >= 11 is 11.3. The second kappa shape index (κ2) is 3.01. The molecule has 0 saturated heterocycles. The molecule has 0 atom stereocenters. The van der Waals surface area contributed by atoms with Crippen molar-refractivity contribution in [2.24, 2.45) is 0 Å². The number of para-hydroxylation sites is 1. The van der Waals surface area contributed by atoms with E-state index < -0.39 is 0 Å². The molecule has 0 amide bonds. The quantitative estimate of drug-likeness (QED) is 0.734. The van der Waals surface area contributed by atoms with Crippen molar-refractivity contribution in [3.8, 4) is 5.75 Å². The molecule has 0 spiro atoms. The average Bonchev–Trinajstić information content (AvgIpc) is 2.09. The second-order valence-corrected chi connectivity index (χ2v) is 3.17. The number of benzene rings is 1. The molecule has 1 heterocycles. The lowest BCUT2D eigenvalue weighted by Gasteiger charge is -2.00. The number of rotatable bonds is 0. The first-order valence-corrected chi connectivity index (χ1v) is 4.25. The van der Waals surface area contributed by atoms with Crippen molar-refractivity contribution in [2.75, 3.05) is 0 Å². The van der Waals surface area contributed by atoms with Gasteiger partial charge in [0.05, 0.1) is 5.52 Å². The lowest BCUT2D eigenvalue weighted by Crippen LogP contribution is -1.86. The van der Waals surface area contributed by atoms with Crippen LogP contribution in [0.3, 0.4) is 0 Å². The molecular weight excluding hydrogens is 211 g/mol. The number of fused-ring (bicyclic) bond motifs is 1. The Balaban J connectivity index is 2.89. The van der Waals surface area contributed by atoms with Crippen LogP contribution in [0.2, 0.25) is 10.3 Å². The van der Waals surface area contributed by atoms with Crippen molar-refractivity contribution in [1.29, 1.82) is 0 Å². The Morgan fingerprint density at radius 3 is 2.54 bits per heavy atom. The first kappa shape index (κ1) is 8.53. The SMILES string of the molecule is Oc1cccc2nc(Cl)c(Cl)nc12. The van der Waals surface area contributed by atoms with Gasteiger partial charge in [-0.1, -0.05) is 29.3 Å². The van der Waals surface area contributed by atoms with Crippen LogP contribution in [0.4, 0.5) is 0 Å². The maximum absolute atomic E-state index is 9.38. The molecule has 2 rings (SSSR count). The molecule has 0 aliphatic rings. The molecule has 0 saturated carbocycles. The molecule has 3 nitrogen and oxygen atoms in total. The van der Waals surface area contributed by atoms with Crippen molar-refractivity contribution >= 4 is 34.2 Å². The lowest BCUT2D eigenvalue weighted by atomic mass is 10.3. The van der Waals surface area contributed by atoms with Gasteiger partial charge in [0.1, 0.15) is 11.3 Å². The van der Waals surface area contributed by atoms with Crippen molar-refractivity contribution in [1.82, 2.24) is 9.97 Å². The van der Waals surface area contributed by atoms with Crippen LogP contribution >= 0.6 is 23.2 Å². The zero-order chi connectivity index (χ0) is 9.42. The maximum atomic E-state index is 9.38. The number of nitrogens with zero attached hydrogens (tertiary/aromatic N) is 2. The Kier molecular flexibility index (Phi) is 1.98. The summed E-state index contributed by atoms with van der Waals surface area (Å²) < 4.78 is 0. The summed E-state index contributed by atoms with van der Waals surface area (Å²) in [5.74, 6) is 0.0450. The number of hydrogen-bond donors (Lipinski definition) is 1. The normalized spacial score (nSPS) is 10.6. The molecule has 1 aromatic heterocycles. The summed E-state index contributed by atoms with van der Waals surface area (Å²) in [5.41, 5.74) is 0.881. The Hall–Kier alpha value is -1.06. The largest absolute Gasteiger partial charge is 0.506 e. The molecule has 0 unspecified atom stereocenters. The van der Waals surface area contributed by atoms with E-state index in [0.717, 1.165) is 0 Å². The van der Waals surface area contributed by atoms with Crippen LogP contribution in [0.5, 0.6) is 5.75 Å². The number of halogens is 2. The highest BCUT2D eigenvalue weighted by Crippen LogP contribution is 2.25. The van der Waals surface area contributed by atoms with E-state index in [1.165, 1.54) is 6.07 Å². The number of phenols is 1. The summed E-state index contributed by atoms with van der Waals surface area (Å²) in [6, 6.07) is 4.88. The summed E-state index contributed by atoms with van der Waals surface area (Å²) in [4.78, 5) is 7.84. The maximum Gasteiger partial charge on any atom is 0.167 e. The Morgan fingerprint density at radius 1 is 1.08 bits per heavy atom. The van der Waals surface area contributed by atoms with Crippen molar-refractivity contribution < 1.29 is 5.11 Å². The topological polar surface area (TPSA) is 46.0 Å². The lowest BCUT2D eigenvalue weighted by molar-refractivity contribution is 0.480. The fourth-order valence-corrected chi connectivity index (χ4v) is 1.28. The molecule has 0 radical (unpaired) electrons. The number of aromatic nitrogens is 2. The van der Waals surface area contributed by atoms with Gasteiger partial charge in [0.2, 0.25) is 0 Å². The van der Waals surface area contributed by atoms with E-state index >= 15 is 0 Å². The van der Waals surface area contributed by atoms with Gasteiger partial charge in [-0.05, 0) is 12.1 Å². The molecule has 66 valence electrons. The predicted octanol–water partition coefficient (Wildman–Crippen LogP) is 2.64. The monoisotopic (exact) mass is 214 g/mol. The van der Waals surface area contributed by atoms with E-state index in [1.54, 1.807) is 12.1 Å². The third kappa shape index (κ3) is 1.41.